The Hall–Kier alpha value is -1.06. The maximum absolute atomic E-state index is 8.91. The lowest BCUT2D eigenvalue weighted by Gasteiger charge is -1.97. The number of imidazole rings is 1. The molecule has 0 radical (unpaired) electrons. The first-order chi connectivity index (χ1) is 5.83. The van der Waals surface area contributed by atoms with E-state index < -0.39 is 0 Å². The highest BCUT2D eigenvalue weighted by molar-refractivity contribution is 6.33. The molecule has 2 rings (SSSR count). The van der Waals surface area contributed by atoms with Crippen LogP contribution < -0.4 is 0 Å². The summed E-state index contributed by atoms with van der Waals surface area (Å²) in [5.74, 6) is 0. The van der Waals surface area contributed by atoms with E-state index in [0.717, 1.165) is 5.69 Å². The van der Waals surface area contributed by atoms with Gasteiger partial charge in [0.15, 0.2) is 5.65 Å². The molecule has 0 unspecified atom stereocenters. The van der Waals surface area contributed by atoms with Gasteiger partial charge in [-0.25, -0.2) is 4.98 Å². The molecule has 0 amide bonds. The lowest BCUT2D eigenvalue weighted by molar-refractivity contribution is 0.276. The van der Waals surface area contributed by atoms with Crippen molar-refractivity contribution in [3.8, 4) is 0 Å². The Morgan fingerprint density at radius 1 is 1.58 bits per heavy atom. The molecule has 2 aromatic heterocycles. The van der Waals surface area contributed by atoms with Crippen molar-refractivity contribution in [3.05, 3.63) is 35.2 Å². The summed E-state index contributed by atoms with van der Waals surface area (Å²) in [6, 6.07) is 3.58. The average Bonchev–Trinajstić information content (AvgIpc) is 2.49. The van der Waals surface area contributed by atoms with Gasteiger partial charge in [-0.3, -0.25) is 0 Å². The molecule has 0 bridgehead atoms. The summed E-state index contributed by atoms with van der Waals surface area (Å²) in [5, 5.41) is 9.51. The quantitative estimate of drug-likeness (QED) is 0.726. The number of rotatable bonds is 1. The molecule has 3 nitrogen and oxygen atoms in total. The predicted octanol–water partition coefficient (Wildman–Crippen LogP) is 1.48. The summed E-state index contributed by atoms with van der Waals surface area (Å²) in [4.78, 5) is 4.06. The molecule has 4 heteroatoms. The van der Waals surface area contributed by atoms with Crippen LogP contribution in [-0.4, -0.2) is 14.5 Å². The van der Waals surface area contributed by atoms with Crippen LogP contribution in [0.1, 0.15) is 5.69 Å². The molecule has 62 valence electrons. The van der Waals surface area contributed by atoms with Gasteiger partial charge < -0.3 is 9.51 Å². The van der Waals surface area contributed by atoms with Gasteiger partial charge in [0.2, 0.25) is 0 Å². The van der Waals surface area contributed by atoms with Crippen LogP contribution in [0.4, 0.5) is 0 Å². The van der Waals surface area contributed by atoms with Crippen LogP contribution in [0.15, 0.2) is 24.5 Å². The lowest BCUT2D eigenvalue weighted by Crippen LogP contribution is -1.91. The maximum Gasteiger partial charge on any atom is 0.155 e. The van der Waals surface area contributed by atoms with Gasteiger partial charge in [0.05, 0.1) is 23.5 Å². The average molecular weight is 183 g/mol. The van der Waals surface area contributed by atoms with Crippen LogP contribution in [0, 0.1) is 0 Å². The van der Waals surface area contributed by atoms with E-state index in [1.54, 1.807) is 16.7 Å². The maximum atomic E-state index is 8.91. The second-order valence-electron chi connectivity index (χ2n) is 2.46. The first-order valence-corrected chi connectivity index (χ1v) is 3.92. The van der Waals surface area contributed by atoms with Crippen LogP contribution >= 0.6 is 11.6 Å². The van der Waals surface area contributed by atoms with Crippen molar-refractivity contribution in [1.82, 2.24) is 9.38 Å². The molecule has 12 heavy (non-hydrogen) atoms. The molecule has 1 N–H and O–H groups in total. The molecule has 2 heterocycles. The number of aliphatic hydroxyl groups is 1. The van der Waals surface area contributed by atoms with Crippen molar-refractivity contribution in [2.24, 2.45) is 0 Å². The van der Waals surface area contributed by atoms with Gasteiger partial charge in [0.1, 0.15) is 0 Å². The third kappa shape index (κ3) is 0.983. The molecule has 0 spiro atoms. The zero-order valence-electron chi connectivity index (χ0n) is 6.24. The molecule has 0 aliphatic heterocycles. The smallest absolute Gasteiger partial charge is 0.155 e. The zero-order valence-corrected chi connectivity index (χ0v) is 6.99. The first-order valence-electron chi connectivity index (χ1n) is 3.54. The van der Waals surface area contributed by atoms with Gasteiger partial charge in [0.25, 0.3) is 0 Å². The van der Waals surface area contributed by atoms with Crippen molar-refractivity contribution in [2.75, 3.05) is 0 Å². The van der Waals surface area contributed by atoms with E-state index in [1.807, 2.05) is 12.3 Å². The zero-order chi connectivity index (χ0) is 8.55. The third-order valence-electron chi connectivity index (χ3n) is 1.73. The Balaban J connectivity index is 2.80. The molecule has 2 aromatic rings. The van der Waals surface area contributed by atoms with Crippen molar-refractivity contribution < 1.29 is 5.11 Å². The monoisotopic (exact) mass is 182 g/mol. The van der Waals surface area contributed by atoms with Gasteiger partial charge in [-0.2, -0.15) is 0 Å². The van der Waals surface area contributed by atoms with E-state index in [0.29, 0.717) is 10.7 Å². The Bertz CT molecular complexity index is 410. The number of hydrogen-bond donors (Lipinski definition) is 1. The molecule has 0 aliphatic rings. The predicted molar refractivity (Wildman–Crippen MR) is 46.1 cm³/mol. The molecule has 0 saturated carbocycles. The van der Waals surface area contributed by atoms with Crippen LogP contribution in [0.3, 0.4) is 0 Å². The van der Waals surface area contributed by atoms with Gasteiger partial charge in [-0.15, -0.1) is 0 Å². The molecule has 0 aromatic carbocycles. The van der Waals surface area contributed by atoms with Gasteiger partial charge in [-0.05, 0) is 12.1 Å². The van der Waals surface area contributed by atoms with Crippen LogP contribution in [-0.2, 0) is 6.61 Å². The van der Waals surface area contributed by atoms with Crippen molar-refractivity contribution in [1.29, 1.82) is 0 Å². The van der Waals surface area contributed by atoms with Gasteiger partial charge >= 0.3 is 0 Å². The minimum Gasteiger partial charge on any atom is -0.390 e. The summed E-state index contributed by atoms with van der Waals surface area (Å²) in [5.41, 5.74) is 1.43. The fourth-order valence-corrected chi connectivity index (χ4v) is 1.36. The standard InChI is InChI=1S/C8H7ClN2O/c9-7-2-1-3-11-6(5-12)4-10-8(7)11/h1-4,12H,5H2. The number of nitrogens with zero attached hydrogens (tertiary/aromatic N) is 2. The first kappa shape index (κ1) is 7.58. The Labute approximate surface area is 74.2 Å². The second-order valence-corrected chi connectivity index (χ2v) is 2.86. The summed E-state index contributed by atoms with van der Waals surface area (Å²) in [7, 11) is 0. The van der Waals surface area contributed by atoms with Gasteiger partial charge in [0, 0.05) is 6.20 Å². The normalized spacial score (nSPS) is 10.8. The Morgan fingerprint density at radius 2 is 2.42 bits per heavy atom. The number of aromatic nitrogens is 2. The van der Waals surface area contributed by atoms with Crippen molar-refractivity contribution in [3.63, 3.8) is 0 Å². The lowest BCUT2D eigenvalue weighted by atomic mass is 10.4. The fourth-order valence-electron chi connectivity index (χ4n) is 1.14. The van der Waals surface area contributed by atoms with Crippen LogP contribution in [0.5, 0.6) is 0 Å². The summed E-state index contributed by atoms with van der Waals surface area (Å²) >= 11 is 5.86. The highest BCUT2D eigenvalue weighted by Crippen LogP contribution is 2.16. The SMILES string of the molecule is OCc1cnc2c(Cl)cccn12. The Kier molecular flexibility index (Phi) is 1.75. The van der Waals surface area contributed by atoms with E-state index in [9.17, 15) is 0 Å². The van der Waals surface area contributed by atoms with Crippen LogP contribution in [0.2, 0.25) is 5.02 Å². The second kappa shape index (κ2) is 2.77. The van der Waals surface area contributed by atoms with Gasteiger partial charge in [-0.1, -0.05) is 11.6 Å². The highest BCUT2D eigenvalue weighted by atomic mass is 35.5. The van der Waals surface area contributed by atoms with E-state index >= 15 is 0 Å². The third-order valence-corrected chi connectivity index (χ3v) is 2.02. The largest absolute Gasteiger partial charge is 0.390 e. The van der Waals surface area contributed by atoms with E-state index in [2.05, 4.69) is 4.98 Å². The minimum absolute atomic E-state index is 0.0263. The van der Waals surface area contributed by atoms with E-state index in [1.165, 1.54) is 0 Å². The fraction of sp³-hybridized carbons (Fsp3) is 0.125. The molecular weight excluding hydrogens is 176 g/mol. The topological polar surface area (TPSA) is 37.5 Å². The molecule has 0 aliphatic carbocycles. The minimum atomic E-state index is -0.0263. The molecule has 0 atom stereocenters. The van der Waals surface area contributed by atoms with Crippen molar-refractivity contribution in [2.45, 2.75) is 6.61 Å². The molecule has 0 fully saturated rings. The van der Waals surface area contributed by atoms with E-state index in [4.69, 9.17) is 16.7 Å². The van der Waals surface area contributed by atoms with E-state index in [-0.39, 0.29) is 6.61 Å². The summed E-state index contributed by atoms with van der Waals surface area (Å²) in [6.07, 6.45) is 3.43. The highest BCUT2D eigenvalue weighted by Gasteiger charge is 2.03. The molecule has 0 saturated heterocycles. The number of hydrogen-bond acceptors (Lipinski definition) is 2. The van der Waals surface area contributed by atoms with Crippen LogP contribution in [0.25, 0.3) is 5.65 Å². The number of halogens is 1. The van der Waals surface area contributed by atoms with Crippen molar-refractivity contribution >= 4 is 17.2 Å². The summed E-state index contributed by atoms with van der Waals surface area (Å²) < 4.78 is 1.77. The number of pyridine rings is 1. The number of aliphatic hydroxyl groups excluding tert-OH is 1. The number of fused-ring (bicyclic) bond motifs is 1. The Morgan fingerprint density at radius 3 is 3.17 bits per heavy atom. The summed E-state index contributed by atoms with van der Waals surface area (Å²) in [6.45, 7) is -0.0263. The molecular formula is C8H7ClN2O.